The largest absolute Gasteiger partial charge is 0.481 e. The molecule has 2 rings (SSSR count). The summed E-state index contributed by atoms with van der Waals surface area (Å²) in [7, 11) is 0. The monoisotopic (exact) mass is 247 g/mol. The molecule has 0 bridgehead atoms. The second kappa shape index (κ2) is 5.21. The number of carboxylic acids is 1. The van der Waals surface area contributed by atoms with Crippen molar-refractivity contribution < 1.29 is 14.7 Å². The van der Waals surface area contributed by atoms with E-state index < -0.39 is 12.4 Å². The zero-order chi connectivity index (χ0) is 13.1. The summed E-state index contributed by atoms with van der Waals surface area (Å²) in [6, 6.07) is 8.19. The van der Waals surface area contributed by atoms with Crippen LogP contribution in [0.15, 0.2) is 24.3 Å². The molecule has 0 heterocycles. The first-order chi connectivity index (χ1) is 8.56. The lowest BCUT2D eigenvalue weighted by Crippen LogP contribution is -2.33. The number of carboxylic acid groups (broad SMARTS) is 1. The lowest BCUT2D eigenvalue weighted by Gasteiger charge is -2.22. The van der Waals surface area contributed by atoms with Crippen molar-refractivity contribution in [1.82, 2.24) is 4.90 Å². The number of carbonyl (C=O) groups is 2. The number of hydrogen-bond donors (Lipinski definition) is 1. The Labute approximate surface area is 106 Å². The summed E-state index contributed by atoms with van der Waals surface area (Å²) in [5.74, 6) is -1.35. The fraction of sp³-hybridized carbons (Fsp3) is 0.429. The van der Waals surface area contributed by atoms with E-state index >= 15 is 0 Å². The fourth-order valence-electron chi connectivity index (χ4n) is 2.05. The molecule has 1 fully saturated rings. The summed E-state index contributed by atoms with van der Waals surface area (Å²) in [5.41, 5.74) is 2.20. The van der Waals surface area contributed by atoms with E-state index in [1.807, 2.05) is 31.2 Å². The summed E-state index contributed by atoms with van der Waals surface area (Å²) < 4.78 is 0. The molecule has 1 aliphatic carbocycles. The summed E-state index contributed by atoms with van der Waals surface area (Å²) >= 11 is 0. The molecule has 1 amide bonds. The number of nitrogens with zero attached hydrogens (tertiary/aromatic N) is 1. The smallest absolute Gasteiger partial charge is 0.312 e. The Morgan fingerprint density at radius 2 is 2.11 bits per heavy atom. The highest BCUT2D eigenvalue weighted by atomic mass is 16.4. The van der Waals surface area contributed by atoms with Crippen LogP contribution in [0.25, 0.3) is 0 Å². The zero-order valence-electron chi connectivity index (χ0n) is 10.4. The van der Waals surface area contributed by atoms with Gasteiger partial charge in [-0.2, -0.15) is 0 Å². The van der Waals surface area contributed by atoms with Crippen LogP contribution in [0.2, 0.25) is 0 Å². The third-order valence-corrected chi connectivity index (χ3v) is 3.05. The zero-order valence-corrected chi connectivity index (χ0v) is 10.4. The van der Waals surface area contributed by atoms with Gasteiger partial charge in [0.15, 0.2) is 0 Å². The number of hydrogen-bond acceptors (Lipinski definition) is 2. The third kappa shape index (κ3) is 3.32. The topological polar surface area (TPSA) is 57.6 Å². The van der Waals surface area contributed by atoms with E-state index in [0.29, 0.717) is 6.54 Å². The lowest BCUT2D eigenvalue weighted by atomic mass is 10.1. The molecule has 0 atom stereocenters. The Kier molecular flexibility index (Phi) is 3.65. The number of benzene rings is 1. The molecule has 4 nitrogen and oxygen atoms in total. The maximum atomic E-state index is 11.9. The number of rotatable bonds is 5. The third-order valence-electron chi connectivity index (χ3n) is 3.05. The molecule has 0 radical (unpaired) electrons. The molecule has 4 heteroatoms. The normalized spacial score (nSPS) is 14.3. The van der Waals surface area contributed by atoms with E-state index in [1.165, 1.54) is 0 Å². The summed E-state index contributed by atoms with van der Waals surface area (Å²) in [6.07, 6.45) is 1.55. The molecule has 18 heavy (non-hydrogen) atoms. The van der Waals surface area contributed by atoms with Gasteiger partial charge in [-0.05, 0) is 25.3 Å². The Morgan fingerprint density at radius 3 is 2.67 bits per heavy atom. The van der Waals surface area contributed by atoms with Crippen LogP contribution in [-0.4, -0.2) is 27.9 Å². The first kappa shape index (κ1) is 12.6. The van der Waals surface area contributed by atoms with Gasteiger partial charge in [-0.15, -0.1) is 0 Å². The Hall–Kier alpha value is -1.84. The first-order valence-corrected chi connectivity index (χ1v) is 6.13. The Balaban J connectivity index is 2.06. The Morgan fingerprint density at radius 1 is 1.39 bits per heavy atom. The highest BCUT2D eigenvalue weighted by Gasteiger charge is 2.33. The van der Waals surface area contributed by atoms with Gasteiger partial charge in [0.1, 0.15) is 6.42 Å². The van der Waals surface area contributed by atoms with Crippen LogP contribution in [0.1, 0.15) is 30.4 Å². The number of aliphatic carboxylic acids is 1. The second-order valence-electron chi connectivity index (χ2n) is 4.81. The van der Waals surface area contributed by atoms with Gasteiger partial charge in [0, 0.05) is 12.6 Å². The molecule has 0 aliphatic heterocycles. The maximum Gasteiger partial charge on any atom is 0.312 e. The van der Waals surface area contributed by atoms with Crippen LogP contribution in [0.5, 0.6) is 0 Å². The molecule has 96 valence electrons. The van der Waals surface area contributed by atoms with E-state index in [0.717, 1.165) is 24.0 Å². The quantitative estimate of drug-likeness (QED) is 0.809. The van der Waals surface area contributed by atoms with Gasteiger partial charge >= 0.3 is 5.97 Å². The van der Waals surface area contributed by atoms with Gasteiger partial charge in [-0.1, -0.05) is 29.8 Å². The van der Waals surface area contributed by atoms with Crippen molar-refractivity contribution in [1.29, 1.82) is 0 Å². The molecule has 0 unspecified atom stereocenters. The van der Waals surface area contributed by atoms with Crippen LogP contribution in [0, 0.1) is 6.92 Å². The standard InChI is InChI=1S/C14H17NO3/c1-10-3-2-4-11(7-10)9-15(12-5-6-12)13(16)8-14(17)18/h2-4,7,12H,5-6,8-9H2,1H3,(H,17,18). The van der Waals surface area contributed by atoms with Gasteiger partial charge in [0.2, 0.25) is 5.91 Å². The van der Waals surface area contributed by atoms with E-state index in [1.54, 1.807) is 4.90 Å². The van der Waals surface area contributed by atoms with Crippen LogP contribution >= 0.6 is 0 Å². The molecule has 1 N–H and O–H groups in total. The molecule has 1 aliphatic rings. The van der Waals surface area contributed by atoms with Crippen molar-refractivity contribution in [3.05, 3.63) is 35.4 Å². The van der Waals surface area contributed by atoms with Gasteiger partial charge < -0.3 is 10.0 Å². The molecule has 0 spiro atoms. The van der Waals surface area contributed by atoms with E-state index in [4.69, 9.17) is 5.11 Å². The molecule has 0 aromatic heterocycles. The molecular weight excluding hydrogens is 230 g/mol. The minimum absolute atomic E-state index is 0.234. The first-order valence-electron chi connectivity index (χ1n) is 6.13. The van der Waals surface area contributed by atoms with E-state index in [9.17, 15) is 9.59 Å². The maximum absolute atomic E-state index is 11.9. The summed E-state index contributed by atoms with van der Waals surface area (Å²) in [6.45, 7) is 2.52. The summed E-state index contributed by atoms with van der Waals surface area (Å²) in [5, 5.41) is 8.70. The Bertz CT molecular complexity index is 466. The van der Waals surface area contributed by atoms with Crippen molar-refractivity contribution in [2.75, 3.05) is 0 Å². The predicted molar refractivity (Wildman–Crippen MR) is 67.0 cm³/mol. The fourth-order valence-corrected chi connectivity index (χ4v) is 2.05. The molecule has 0 saturated heterocycles. The van der Waals surface area contributed by atoms with E-state index in [2.05, 4.69) is 0 Å². The summed E-state index contributed by atoms with van der Waals surface area (Å²) in [4.78, 5) is 24.2. The number of aryl methyl sites for hydroxylation is 1. The lowest BCUT2D eigenvalue weighted by molar-refractivity contribution is -0.144. The van der Waals surface area contributed by atoms with E-state index in [-0.39, 0.29) is 11.9 Å². The van der Waals surface area contributed by atoms with Gasteiger partial charge in [0.25, 0.3) is 0 Å². The molecule has 1 saturated carbocycles. The van der Waals surface area contributed by atoms with Crippen LogP contribution in [0.4, 0.5) is 0 Å². The predicted octanol–water partition coefficient (Wildman–Crippen LogP) is 1.96. The molecule has 1 aromatic rings. The van der Waals surface area contributed by atoms with Crippen molar-refractivity contribution >= 4 is 11.9 Å². The average molecular weight is 247 g/mol. The SMILES string of the molecule is Cc1cccc(CN(C(=O)CC(=O)O)C2CC2)c1. The van der Waals surface area contributed by atoms with Crippen molar-refractivity contribution in [2.24, 2.45) is 0 Å². The highest BCUT2D eigenvalue weighted by molar-refractivity contribution is 5.93. The molecule has 1 aromatic carbocycles. The number of carbonyl (C=O) groups excluding carboxylic acids is 1. The molecular formula is C14H17NO3. The average Bonchev–Trinajstić information content (AvgIpc) is 3.08. The van der Waals surface area contributed by atoms with Crippen molar-refractivity contribution in [2.45, 2.75) is 38.8 Å². The van der Waals surface area contributed by atoms with Crippen LogP contribution in [-0.2, 0) is 16.1 Å². The van der Waals surface area contributed by atoms with Crippen molar-refractivity contribution in [3.8, 4) is 0 Å². The highest BCUT2D eigenvalue weighted by Crippen LogP contribution is 2.29. The van der Waals surface area contributed by atoms with Crippen LogP contribution < -0.4 is 0 Å². The van der Waals surface area contributed by atoms with Crippen molar-refractivity contribution in [3.63, 3.8) is 0 Å². The van der Waals surface area contributed by atoms with Gasteiger partial charge in [0.05, 0.1) is 0 Å². The van der Waals surface area contributed by atoms with Gasteiger partial charge in [-0.3, -0.25) is 9.59 Å². The minimum atomic E-state index is -1.06. The number of amides is 1. The second-order valence-corrected chi connectivity index (χ2v) is 4.81. The minimum Gasteiger partial charge on any atom is -0.481 e. The van der Waals surface area contributed by atoms with Gasteiger partial charge in [-0.25, -0.2) is 0 Å². The van der Waals surface area contributed by atoms with Crippen LogP contribution in [0.3, 0.4) is 0 Å².